The van der Waals surface area contributed by atoms with Crippen LogP contribution in [-0.2, 0) is 22.5 Å². The molecule has 2 aromatic carbocycles. The monoisotopic (exact) mass is 592 g/mol. The number of aromatic nitrogens is 2. The lowest BCUT2D eigenvalue weighted by molar-refractivity contribution is -0.113. The third-order valence-electron chi connectivity index (χ3n) is 6.79. The van der Waals surface area contributed by atoms with Gasteiger partial charge in [-0.1, -0.05) is 18.7 Å². The number of carbonyl (C=O) groups is 2. The zero-order valence-corrected chi connectivity index (χ0v) is 24.9. The van der Waals surface area contributed by atoms with Gasteiger partial charge in [0.05, 0.1) is 35.6 Å². The van der Waals surface area contributed by atoms with Gasteiger partial charge in [0.1, 0.15) is 10.6 Å². The molecule has 0 saturated carbocycles. The quantitative estimate of drug-likeness (QED) is 0.154. The van der Waals surface area contributed by atoms with Crippen molar-refractivity contribution in [3.63, 3.8) is 0 Å². The fourth-order valence-corrected chi connectivity index (χ4v) is 6.88. The minimum atomic E-state index is -0.410. The van der Waals surface area contributed by atoms with Crippen molar-refractivity contribution < 1.29 is 19.1 Å². The molecule has 0 aliphatic carbocycles. The van der Waals surface area contributed by atoms with Gasteiger partial charge in [-0.2, -0.15) is 0 Å². The maximum absolute atomic E-state index is 14.0. The minimum absolute atomic E-state index is 0.0449. The Labute approximate surface area is 246 Å². The van der Waals surface area contributed by atoms with Gasteiger partial charge in [0, 0.05) is 23.7 Å². The van der Waals surface area contributed by atoms with Crippen molar-refractivity contribution >= 4 is 50.9 Å². The molecule has 1 amide bonds. The Hall–Kier alpha value is -3.67. The summed E-state index contributed by atoms with van der Waals surface area (Å²) in [7, 11) is 0. The highest BCUT2D eigenvalue weighted by Gasteiger charge is 2.25. The number of hydrogen-bond acceptors (Lipinski definition) is 9. The number of thiophene rings is 1. The number of benzene rings is 2. The number of hydrogen-bond donors (Lipinski definition) is 1. The fraction of sp³-hybridized carbons (Fsp3) is 0.333. The molecule has 9 nitrogen and oxygen atoms in total. The van der Waals surface area contributed by atoms with Gasteiger partial charge in [-0.3, -0.25) is 19.1 Å². The third-order valence-corrected chi connectivity index (χ3v) is 8.84. The molecule has 0 bridgehead atoms. The summed E-state index contributed by atoms with van der Waals surface area (Å²) >= 11 is 2.78. The lowest BCUT2D eigenvalue weighted by Crippen LogP contribution is -2.30. The van der Waals surface area contributed by atoms with Crippen LogP contribution in [0, 0.1) is 0 Å². The normalized spacial score (nSPS) is 13.1. The number of likely N-dealkylation sites (N-methyl/N-ethyl adjacent to an activating group) is 1. The molecule has 4 aromatic rings. The Morgan fingerprint density at radius 2 is 1.80 bits per heavy atom. The zero-order valence-electron chi connectivity index (χ0n) is 23.3. The van der Waals surface area contributed by atoms with E-state index in [0.717, 1.165) is 31.6 Å². The summed E-state index contributed by atoms with van der Waals surface area (Å²) in [6.45, 7) is 9.34. The van der Waals surface area contributed by atoms with Gasteiger partial charge < -0.3 is 14.8 Å². The third kappa shape index (κ3) is 6.32. The first kappa shape index (κ1) is 28.8. The summed E-state index contributed by atoms with van der Waals surface area (Å²) in [5, 5.41) is 3.97. The predicted octanol–water partition coefficient (Wildman–Crippen LogP) is 5.13. The maximum atomic E-state index is 14.0. The number of anilines is 1. The van der Waals surface area contributed by atoms with Crippen molar-refractivity contribution in [1.82, 2.24) is 14.5 Å². The number of nitrogens with one attached hydrogen (secondary N) is 1. The van der Waals surface area contributed by atoms with Crippen LogP contribution in [-0.4, -0.2) is 58.4 Å². The van der Waals surface area contributed by atoms with Gasteiger partial charge >= 0.3 is 5.97 Å². The molecular weight excluding hydrogens is 560 g/mol. The van der Waals surface area contributed by atoms with Crippen molar-refractivity contribution in [2.45, 2.75) is 38.9 Å². The molecule has 0 unspecified atom stereocenters. The van der Waals surface area contributed by atoms with Gasteiger partial charge in [-0.25, -0.2) is 9.78 Å². The molecule has 0 spiro atoms. The molecule has 1 aliphatic rings. The molecule has 0 radical (unpaired) electrons. The molecule has 11 heteroatoms. The van der Waals surface area contributed by atoms with E-state index in [2.05, 4.69) is 17.1 Å². The van der Waals surface area contributed by atoms with E-state index in [9.17, 15) is 14.4 Å². The smallest absolute Gasteiger partial charge is 0.338 e. The Kier molecular flexibility index (Phi) is 9.06. The molecule has 41 heavy (non-hydrogen) atoms. The highest BCUT2D eigenvalue weighted by molar-refractivity contribution is 7.99. The van der Waals surface area contributed by atoms with Crippen LogP contribution in [0.2, 0.25) is 0 Å². The van der Waals surface area contributed by atoms with Gasteiger partial charge in [0.25, 0.3) is 5.56 Å². The highest BCUT2D eigenvalue weighted by atomic mass is 32.2. The average molecular weight is 593 g/mol. The van der Waals surface area contributed by atoms with Crippen molar-refractivity contribution in [2.24, 2.45) is 0 Å². The Bertz CT molecular complexity index is 1610. The molecule has 1 N–H and O–H groups in total. The molecule has 5 rings (SSSR count). The maximum Gasteiger partial charge on any atom is 0.338 e. The van der Waals surface area contributed by atoms with Crippen LogP contribution < -0.4 is 15.6 Å². The largest absolute Gasteiger partial charge is 0.494 e. The first-order valence-electron chi connectivity index (χ1n) is 13.6. The summed E-state index contributed by atoms with van der Waals surface area (Å²) in [5.74, 6) is 0.0971. The summed E-state index contributed by atoms with van der Waals surface area (Å²) < 4.78 is 12.2. The van der Waals surface area contributed by atoms with Crippen molar-refractivity contribution in [3.8, 4) is 11.4 Å². The van der Waals surface area contributed by atoms with Crippen LogP contribution in [0.3, 0.4) is 0 Å². The van der Waals surface area contributed by atoms with E-state index in [1.807, 2.05) is 31.2 Å². The second-order valence-electron chi connectivity index (χ2n) is 9.40. The Balaban J connectivity index is 1.43. The van der Waals surface area contributed by atoms with Gasteiger partial charge in [0.15, 0.2) is 5.16 Å². The number of nitrogens with zero attached hydrogens (tertiary/aromatic N) is 3. The van der Waals surface area contributed by atoms with Crippen LogP contribution in [0.5, 0.6) is 5.75 Å². The number of fused-ring (bicyclic) bond motifs is 3. The fourth-order valence-electron chi connectivity index (χ4n) is 4.76. The molecule has 214 valence electrons. The first-order valence-corrected chi connectivity index (χ1v) is 15.4. The van der Waals surface area contributed by atoms with E-state index in [0.29, 0.717) is 51.3 Å². The molecular formula is C30H32N4O5S2. The summed E-state index contributed by atoms with van der Waals surface area (Å²) in [6, 6.07) is 13.9. The van der Waals surface area contributed by atoms with E-state index >= 15 is 0 Å². The molecule has 2 aromatic heterocycles. The summed E-state index contributed by atoms with van der Waals surface area (Å²) in [6.07, 6.45) is 0.813. The van der Waals surface area contributed by atoms with E-state index in [-0.39, 0.29) is 17.2 Å². The summed E-state index contributed by atoms with van der Waals surface area (Å²) in [5.41, 5.74) is 2.60. The topological polar surface area (TPSA) is 103 Å². The van der Waals surface area contributed by atoms with Crippen LogP contribution in [0.15, 0.2) is 58.5 Å². The highest BCUT2D eigenvalue weighted by Crippen LogP contribution is 2.34. The lowest BCUT2D eigenvalue weighted by Gasteiger charge is -2.25. The zero-order chi connectivity index (χ0) is 28.9. The van der Waals surface area contributed by atoms with E-state index in [1.165, 1.54) is 16.6 Å². The SMILES string of the molecule is CCOC(=O)c1ccc(NC(=O)CSc2nc3sc4c(c3c(=O)n2-c2ccc(OCC)cc2)CCN(CC)C4)cc1. The number of ether oxygens (including phenoxy) is 2. The van der Waals surface area contributed by atoms with Crippen molar-refractivity contribution in [2.75, 3.05) is 37.4 Å². The molecule has 0 atom stereocenters. The second-order valence-corrected chi connectivity index (χ2v) is 11.4. The number of rotatable bonds is 10. The van der Waals surface area contributed by atoms with E-state index in [1.54, 1.807) is 47.1 Å². The second kappa shape index (κ2) is 12.9. The van der Waals surface area contributed by atoms with Gasteiger partial charge in [-0.05, 0) is 80.9 Å². The predicted molar refractivity (Wildman–Crippen MR) is 163 cm³/mol. The minimum Gasteiger partial charge on any atom is -0.494 e. The Morgan fingerprint density at radius 3 is 2.49 bits per heavy atom. The molecule has 0 fully saturated rings. The standard InChI is InChI=1S/C30H32N4O5S2/c1-4-33-16-15-23-24(17-33)41-27-26(23)28(36)34(21-11-13-22(14-12-21)38-5-2)30(32-27)40-18-25(35)31-20-9-7-19(8-10-20)29(37)39-6-3/h7-14H,4-6,15-18H2,1-3H3,(H,31,35). The average Bonchev–Trinajstić information content (AvgIpc) is 3.35. The van der Waals surface area contributed by atoms with Crippen molar-refractivity contribution in [1.29, 1.82) is 0 Å². The number of thioether (sulfide) groups is 1. The lowest BCUT2D eigenvalue weighted by atomic mass is 10.1. The van der Waals surface area contributed by atoms with Gasteiger partial charge in [-0.15, -0.1) is 11.3 Å². The number of esters is 1. The first-order chi connectivity index (χ1) is 19.9. The Morgan fingerprint density at radius 1 is 1.05 bits per heavy atom. The van der Waals surface area contributed by atoms with Gasteiger partial charge in [0.2, 0.25) is 5.91 Å². The van der Waals surface area contributed by atoms with Crippen LogP contribution in [0.1, 0.15) is 41.6 Å². The number of carbonyl (C=O) groups excluding carboxylic acids is 2. The van der Waals surface area contributed by atoms with Crippen LogP contribution in [0.25, 0.3) is 15.9 Å². The van der Waals surface area contributed by atoms with E-state index in [4.69, 9.17) is 14.5 Å². The molecule has 0 saturated heterocycles. The van der Waals surface area contributed by atoms with Crippen LogP contribution >= 0.6 is 23.1 Å². The van der Waals surface area contributed by atoms with E-state index < -0.39 is 5.97 Å². The molecule has 1 aliphatic heterocycles. The molecule has 3 heterocycles. The summed E-state index contributed by atoms with van der Waals surface area (Å²) in [4.78, 5) is 48.0. The van der Waals surface area contributed by atoms with Crippen LogP contribution in [0.4, 0.5) is 5.69 Å². The van der Waals surface area contributed by atoms with Crippen molar-refractivity contribution in [3.05, 3.63) is 74.9 Å². The number of amides is 1.